The molecule has 0 rings (SSSR count). The van der Waals surface area contributed by atoms with Crippen LogP contribution in [0, 0.1) is 5.92 Å². The molecule has 1 amide bonds. The minimum absolute atomic E-state index is 0.0556. The fraction of sp³-hybridized carbons (Fsp3) is 0.882. The largest absolute Gasteiger partial charge is 0.466 e. The number of carbonyl (C=O) groups excluding carboxylic acids is 2. The van der Waals surface area contributed by atoms with Gasteiger partial charge in [-0.1, -0.05) is 59.3 Å². The Bertz CT molecular complexity index is 279. The number of rotatable bonds is 13. The van der Waals surface area contributed by atoms with Gasteiger partial charge in [-0.2, -0.15) is 0 Å². The maximum absolute atomic E-state index is 11.7. The molecule has 0 saturated heterocycles. The zero-order valence-corrected chi connectivity index (χ0v) is 14.1. The Hall–Kier alpha value is -1.06. The van der Waals surface area contributed by atoms with Crippen LogP contribution < -0.4 is 5.32 Å². The zero-order chi connectivity index (χ0) is 15.9. The minimum atomic E-state index is -0.307. The summed E-state index contributed by atoms with van der Waals surface area (Å²) in [5, 5.41) is 2.84. The average Bonchev–Trinajstić information content (AvgIpc) is 2.46. The monoisotopic (exact) mass is 299 g/mol. The van der Waals surface area contributed by atoms with Gasteiger partial charge in [-0.05, 0) is 12.8 Å². The second-order valence-corrected chi connectivity index (χ2v) is 5.74. The first kappa shape index (κ1) is 19.9. The lowest BCUT2D eigenvalue weighted by atomic mass is 10.1. The predicted molar refractivity (Wildman–Crippen MR) is 86.0 cm³/mol. The Kier molecular flexibility index (Phi) is 13.2. The van der Waals surface area contributed by atoms with Gasteiger partial charge in [-0.25, -0.2) is 0 Å². The van der Waals surface area contributed by atoms with Gasteiger partial charge in [-0.15, -0.1) is 0 Å². The molecule has 4 heteroatoms. The first-order valence-electron chi connectivity index (χ1n) is 8.55. The fourth-order valence-electron chi connectivity index (χ4n) is 2.03. The highest BCUT2D eigenvalue weighted by Crippen LogP contribution is 2.07. The molecule has 0 heterocycles. The van der Waals surface area contributed by atoms with Crippen LogP contribution in [0.3, 0.4) is 0 Å². The molecule has 124 valence electrons. The van der Waals surface area contributed by atoms with Crippen LogP contribution in [-0.4, -0.2) is 25.0 Å². The van der Waals surface area contributed by atoms with Crippen LogP contribution >= 0.6 is 0 Å². The van der Waals surface area contributed by atoms with Gasteiger partial charge in [0.05, 0.1) is 13.0 Å². The average molecular weight is 299 g/mol. The maximum Gasteiger partial charge on any atom is 0.306 e. The van der Waals surface area contributed by atoms with E-state index in [1.54, 1.807) is 6.92 Å². The smallest absolute Gasteiger partial charge is 0.306 e. The summed E-state index contributed by atoms with van der Waals surface area (Å²) in [5.41, 5.74) is 0. The summed E-state index contributed by atoms with van der Waals surface area (Å²) in [5.74, 6) is -0.624. The van der Waals surface area contributed by atoms with Gasteiger partial charge < -0.3 is 10.1 Å². The van der Waals surface area contributed by atoms with E-state index >= 15 is 0 Å². The molecule has 0 fully saturated rings. The van der Waals surface area contributed by atoms with E-state index in [1.165, 1.54) is 25.7 Å². The molecular formula is C17H33NO3. The van der Waals surface area contributed by atoms with Crippen LogP contribution in [0.15, 0.2) is 0 Å². The highest BCUT2D eigenvalue weighted by atomic mass is 16.5. The molecular weight excluding hydrogens is 266 g/mol. The molecule has 21 heavy (non-hydrogen) atoms. The standard InChI is InChI=1S/C17H33NO3/c1-4-6-8-9-10-11-13-21-16(19)14-15(3)17(20)18-12-7-5-2/h15H,4-14H2,1-3H3,(H,18,20). The third-order valence-electron chi connectivity index (χ3n) is 3.51. The zero-order valence-electron chi connectivity index (χ0n) is 14.1. The van der Waals surface area contributed by atoms with Crippen LogP contribution in [-0.2, 0) is 14.3 Å². The third kappa shape index (κ3) is 12.4. The molecule has 1 N–H and O–H groups in total. The number of unbranched alkanes of at least 4 members (excludes halogenated alkanes) is 6. The van der Waals surface area contributed by atoms with Crippen LogP contribution in [0.5, 0.6) is 0 Å². The fourth-order valence-corrected chi connectivity index (χ4v) is 2.03. The quantitative estimate of drug-likeness (QED) is 0.415. The lowest BCUT2D eigenvalue weighted by Gasteiger charge is -2.11. The molecule has 0 aliphatic heterocycles. The van der Waals surface area contributed by atoms with E-state index in [0.717, 1.165) is 25.7 Å². The van der Waals surface area contributed by atoms with Crippen LogP contribution in [0.2, 0.25) is 0 Å². The lowest BCUT2D eigenvalue weighted by Crippen LogP contribution is -2.31. The van der Waals surface area contributed by atoms with Gasteiger partial charge in [0.25, 0.3) is 0 Å². The molecule has 4 nitrogen and oxygen atoms in total. The molecule has 1 unspecified atom stereocenters. The molecule has 0 aliphatic rings. The summed E-state index contributed by atoms with van der Waals surface area (Å²) in [6.07, 6.45) is 9.23. The van der Waals surface area contributed by atoms with E-state index in [0.29, 0.717) is 13.2 Å². The molecule has 0 radical (unpaired) electrons. The summed E-state index contributed by atoms with van der Waals surface area (Å²) in [7, 11) is 0. The molecule has 0 aromatic rings. The van der Waals surface area contributed by atoms with E-state index in [2.05, 4.69) is 19.2 Å². The van der Waals surface area contributed by atoms with E-state index in [9.17, 15) is 9.59 Å². The number of hydrogen-bond acceptors (Lipinski definition) is 3. The number of nitrogens with one attached hydrogen (secondary N) is 1. The SMILES string of the molecule is CCCCCCCCOC(=O)CC(C)C(=O)NCCCC. The van der Waals surface area contributed by atoms with E-state index < -0.39 is 0 Å². The van der Waals surface area contributed by atoms with Gasteiger partial charge >= 0.3 is 5.97 Å². The van der Waals surface area contributed by atoms with Gasteiger partial charge in [0, 0.05) is 12.5 Å². The van der Waals surface area contributed by atoms with Crippen LogP contribution in [0.25, 0.3) is 0 Å². The minimum Gasteiger partial charge on any atom is -0.466 e. The van der Waals surface area contributed by atoms with Gasteiger partial charge in [0.15, 0.2) is 0 Å². The normalized spacial score (nSPS) is 12.0. The summed E-state index contributed by atoms with van der Waals surface area (Å²) in [6, 6.07) is 0. The van der Waals surface area contributed by atoms with Crippen LogP contribution in [0.1, 0.15) is 78.6 Å². The van der Waals surface area contributed by atoms with Crippen molar-refractivity contribution >= 4 is 11.9 Å². The molecule has 0 saturated carbocycles. The number of esters is 1. The van der Waals surface area contributed by atoms with Crippen molar-refractivity contribution in [3.8, 4) is 0 Å². The Morgan fingerprint density at radius 2 is 1.57 bits per heavy atom. The number of hydrogen-bond donors (Lipinski definition) is 1. The summed E-state index contributed by atoms with van der Waals surface area (Å²) >= 11 is 0. The number of amides is 1. The molecule has 0 spiro atoms. The van der Waals surface area contributed by atoms with Crippen molar-refractivity contribution in [1.82, 2.24) is 5.32 Å². The molecule has 0 aliphatic carbocycles. The Morgan fingerprint density at radius 3 is 2.24 bits per heavy atom. The lowest BCUT2D eigenvalue weighted by molar-refractivity contribution is -0.146. The second-order valence-electron chi connectivity index (χ2n) is 5.74. The van der Waals surface area contributed by atoms with Crippen molar-refractivity contribution in [2.45, 2.75) is 78.6 Å². The highest BCUT2D eigenvalue weighted by Gasteiger charge is 2.17. The van der Waals surface area contributed by atoms with E-state index in [4.69, 9.17) is 4.74 Å². The van der Waals surface area contributed by atoms with Crippen molar-refractivity contribution in [2.75, 3.05) is 13.2 Å². The third-order valence-corrected chi connectivity index (χ3v) is 3.51. The van der Waals surface area contributed by atoms with E-state index in [1.807, 2.05) is 0 Å². The molecule has 1 atom stereocenters. The maximum atomic E-state index is 11.7. The Balaban J connectivity index is 3.57. The highest BCUT2D eigenvalue weighted by molar-refractivity contribution is 5.83. The summed E-state index contributed by atoms with van der Waals surface area (Å²) in [6.45, 7) is 7.21. The number of carbonyl (C=O) groups is 2. The topological polar surface area (TPSA) is 55.4 Å². The van der Waals surface area contributed by atoms with Crippen molar-refractivity contribution in [1.29, 1.82) is 0 Å². The Labute approximate surface area is 130 Å². The number of ether oxygens (including phenoxy) is 1. The molecule has 0 aromatic heterocycles. The summed E-state index contributed by atoms with van der Waals surface area (Å²) < 4.78 is 5.18. The summed E-state index contributed by atoms with van der Waals surface area (Å²) in [4.78, 5) is 23.3. The van der Waals surface area contributed by atoms with E-state index in [-0.39, 0.29) is 24.2 Å². The second kappa shape index (κ2) is 13.9. The van der Waals surface area contributed by atoms with Gasteiger partial charge in [0.1, 0.15) is 0 Å². The van der Waals surface area contributed by atoms with Crippen LogP contribution in [0.4, 0.5) is 0 Å². The first-order chi connectivity index (χ1) is 10.1. The van der Waals surface area contributed by atoms with Crippen molar-refractivity contribution < 1.29 is 14.3 Å². The van der Waals surface area contributed by atoms with Crippen molar-refractivity contribution in [3.05, 3.63) is 0 Å². The molecule has 0 bridgehead atoms. The predicted octanol–water partition coefficient (Wildman–Crippen LogP) is 3.83. The Morgan fingerprint density at radius 1 is 0.952 bits per heavy atom. The molecule has 0 aromatic carbocycles. The van der Waals surface area contributed by atoms with Gasteiger partial charge in [-0.3, -0.25) is 9.59 Å². The van der Waals surface area contributed by atoms with Gasteiger partial charge in [0.2, 0.25) is 5.91 Å². The first-order valence-corrected chi connectivity index (χ1v) is 8.55. The van der Waals surface area contributed by atoms with Crippen molar-refractivity contribution in [2.24, 2.45) is 5.92 Å². The van der Waals surface area contributed by atoms with Crippen molar-refractivity contribution in [3.63, 3.8) is 0 Å².